The molecule has 0 amide bonds. The smallest absolute Gasteiger partial charge is 0.243 e. The van der Waals surface area contributed by atoms with E-state index < -0.39 is 39.2 Å². The van der Waals surface area contributed by atoms with Gasteiger partial charge in [0.2, 0.25) is 10.0 Å². The van der Waals surface area contributed by atoms with E-state index in [2.05, 4.69) is 4.72 Å². The summed E-state index contributed by atoms with van der Waals surface area (Å²) in [6, 6.07) is 1.49. The minimum absolute atomic E-state index is 0.159. The molecule has 7 heteroatoms. The predicted octanol–water partition coefficient (Wildman–Crippen LogP) is 1.26. The molecular weight excluding hydrogens is 264 g/mol. The molecule has 0 saturated carbocycles. The number of rotatable bonds is 5. The van der Waals surface area contributed by atoms with Gasteiger partial charge < -0.3 is 5.11 Å². The van der Waals surface area contributed by atoms with E-state index >= 15 is 0 Å². The quantitative estimate of drug-likeness (QED) is 0.852. The lowest BCUT2D eigenvalue weighted by molar-refractivity contribution is 0.227. The summed E-state index contributed by atoms with van der Waals surface area (Å²) in [5.74, 6) is -2.18. The fraction of sp³-hybridized carbons (Fsp3) is 0.455. The maximum atomic E-state index is 13.4. The highest BCUT2D eigenvalue weighted by Gasteiger charge is 2.24. The first-order valence-corrected chi connectivity index (χ1v) is 6.84. The van der Waals surface area contributed by atoms with Gasteiger partial charge in [-0.3, -0.25) is 0 Å². The van der Waals surface area contributed by atoms with Gasteiger partial charge in [-0.1, -0.05) is 13.8 Å². The summed E-state index contributed by atoms with van der Waals surface area (Å²) in [5, 5.41) is 9.04. The molecule has 0 aliphatic heterocycles. The van der Waals surface area contributed by atoms with Crippen LogP contribution in [-0.4, -0.2) is 26.2 Å². The molecule has 0 aliphatic carbocycles. The highest BCUT2D eigenvalue weighted by Crippen LogP contribution is 2.16. The van der Waals surface area contributed by atoms with E-state index in [0.717, 1.165) is 12.1 Å². The molecule has 0 aromatic heterocycles. The van der Waals surface area contributed by atoms with Crippen molar-refractivity contribution in [3.63, 3.8) is 0 Å². The summed E-state index contributed by atoms with van der Waals surface area (Å²) >= 11 is 0. The number of aliphatic hydroxyl groups excluding tert-OH is 1. The van der Waals surface area contributed by atoms with Crippen LogP contribution in [0.5, 0.6) is 0 Å². The van der Waals surface area contributed by atoms with E-state index in [0.29, 0.717) is 6.07 Å². The Balaban J connectivity index is 3.06. The van der Waals surface area contributed by atoms with Crippen LogP contribution in [0.1, 0.15) is 13.8 Å². The Kier molecular flexibility index (Phi) is 4.78. The molecule has 0 unspecified atom stereocenters. The number of sulfonamides is 1. The molecule has 1 aromatic carbocycles. The summed E-state index contributed by atoms with van der Waals surface area (Å²) in [6.45, 7) is 3.02. The van der Waals surface area contributed by atoms with Gasteiger partial charge in [0.15, 0.2) is 0 Å². The van der Waals surface area contributed by atoms with E-state index in [1.165, 1.54) is 0 Å². The molecular formula is C11H15F2NO3S. The number of halogens is 2. The second kappa shape index (κ2) is 5.73. The molecule has 102 valence electrons. The minimum atomic E-state index is -4.12. The van der Waals surface area contributed by atoms with Crippen molar-refractivity contribution >= 4 is 10.0 Å². The lowest BCUT2D eigenvalue weighted by Crippen LogP contribution is -2.41. The van der Waals surface area contributed by atoms with Crippen LogP contribution in [0, 0.1) is 17.6 Å². The van der Waals surface area contributed by atoms with Crippen molar-refractivity contribution in [3.8, 4) is 0 Å². The number of nitrogens with one attached hydrogen (secondary N) is 1. The van der Waals surface area contributed by atoms with Crippen LogP contribution >= 0.6 is 0 Å². The van der Waals surface area contributed by atoms with Crippen molar-refractivity contribution in [2.45, 2.75) is 24.8 Å². The summed E-state index contributed by atoms with van der Waals surface area (Å²) in [7, 11) is -4.12. The van der Waals surface area contributed by atoms with E-state index in [4.69, 9.17) is 5.11 Å². The van der Waals surface area contributed by atoms with Crippen LogP contribution in [0.3, 0.4) is 0 Å². The fourth-order valence-corrected chi connectivity index (χ4v) is 2.78. The van der Waals surface area contributed by atoms with Gasteiger partial charge >= 0.3 is 0 Å². The van der Waals surface area contributed by atoms with Crippen LogP contribution in [-0.2, 0) is 10.0 Å². The van der Waals surface area contributed by atoms with Crippen molar-refractivity contribution < 1.29 is 22.3 Å². The summed E-state index contributed by atoms with van der Waals surface area (Å²) < 4.78 is 52.0. The zero-order chi connectivity index (χ0) is 13.9. The Bertz CT molecular complexity index is 517. The molecule has 0 bridgehead atoms. The molecule has 1 aromatic rings. The number of hydrogen-bond acceptors (Lipinski definition) is 3. The van der Waals surface area contributed by atoms with Crippen molar-refractivity contribution in [1.29, 1.82) is 0 Å². The van der Waals surface area contributed by atoms with Crippen LogP contribution in [0.2, 0.25) is 0 Å². The molecule has 0 fully saturated rings. The molecule has 0 aliphatic rings. The molecule has 1 rings (SSSR count). The Labute approximate surface area is 105 Å². The van der Waals surface area contributed by atoms with Crippen molar-refractivity contribution in [3.05, 3.63) is 29.8 Å². The summed E-state index contributed by atoms with van der Waals surface area (Å²) in [4.78, 5) is -0.636. The Morgan fingerprint density at radius 1 is 1.33 bits per heavy atom. The third-order valence-corrected chi connectivity index (χ3v) is 4.01. The average molecular weight is 279 g/mol. The molecule has 1 atom stereocenters. The standard InChI is InChI=1S/C11H15F2NO3S/c1-7(2)10(6-15)14-18(16,17)11-4-3-8(12)5-9(11)13/h3-5,7,10,14-15H,6H2,1-2H3/t10-/m1/s1. The largest absolute Gasteiger partial charge is 0.395 e. The molecule has 2 N–H and O–H groups in total. The average Bonchev–Trinajstić information content (AvgIpc) is 2.24. The third kappa shape index (κ3) is 3.47. The molecule has 0 spiro atoms. The van der Waals surface area contributed by atoms with Crippen molar-refractivity contribution in [2.24, 2.45) is 5.92 Å². The fourth-order valence-electron chi connectivity index (χ4n) is 1.34. The van der Waals surface area contributed by atoms with Gasteiger partial charge in [-0.05, 0) is 18.1 Å². The highest BCUT2D eigenvalue weighted by atomic mass is 32.2. The van der Waals surface area contributed by atoms with Crippen molar-refractivity contribution in [1.82, 2.24) is 4.72 Å². The summed E-state index contributed by atoms with van der Waals surface area (Å²) in [6.07, 6.45) is 0. The van der Waals surface area contributed by atoms with Gasteiger partial charge in [0.05, 0.1) is 6.61 Å². The molecule has 0 saturated heterocycles. The number of aliphatic hydroxyl groups is 1. The molecule has 4 nitrogen and oxygen atoms in total. The van der Waals surface area contributed by atoms with Crippen LogP contribution < -0.4 is 4.72 Å². The van der Waals surface area contributed by atoms with E-state index in [1.807, 2.05) is 0 Å². The monoisotopic (exact) mass is 279 g/mol. The number of hydrogen-bond donors (Lipinski definition) is 2. The first kappa shape index (κ1) is 15.0. The van der Waals surface area contributed by atoms with E-state index in [9.17, 15) is 17.2 Å². The molecule has 0 heterocycles. The zero-order valence-corrected chi connectivity index (χ0v) is 10.8. The normalized spacial score (nSPS) is 13.9. The van der Waals surface area contributed by atoms with Gasteiger partial charge in [-0.15, -0.1) is 0 Å². The van der Waals surface area contributed by atoms with Gasteiger partial charge in [0, 0.05) is 12.1 Å². The second-order valence-electron chi connectivity index (χ2n) is 4.23. The molecule has 18 heavy (non-hydrogen) atoms. The Morgan fingerprint density at radius 2 is 1.94 bits per heavy atom. The van der Waals surface area contributed by atoms with Gasteiger partial charge in [-0.2, -0.15) is 0 Å². The van der Waals surface area contributed by atoms with E-state index in [1.54, 1.807) is 13.8 Å². The maximum absolute atomic E-state index is 13.4. The minimum Gasteiger partial charge on any atom is -0.395 e. The first-order chi connectivity index (χ1) is 8.27. The molecule has 0 radical (unpaired) electrons. The maximum Gasteiger partial charge on any atom is 0.243 e. The van der Waals surface area contributed by atoms with Crippen molar-refractivity contribution in [2.75, 3.05) is 6.61 Å². The lowest BCUT2D eigenvalue weighted by atomic mass is 10.1. The highest BCUT2D eigenvalue weighted by molar-refractivity contribution is 7.89. The van der Waals surface area contributed by atoms with Gasteiger partial charge in [0.25, 0.3) is 0 Å². The van der Waals surface area contributed by atoms with Crippen LogP contribution in [0.25, 0.3) is 0 Å². The topological polar surface area (TPSA) is 66.4 Å². The van der Waals surface area contributed by atoms with Gasteiger partial charge in [0.1, 0.15) is 16.5 Å². The zero-order valence-electron chi connectivity index (χ0n) is 10.0. The summed E-state index contributed by atoms with van der Waals surface area (Å²) in [5.41, 5.74) is 0. The van der Waals surface area contributed by atoms with Crippen LogP contribution in [0.15, 0.2) is 23.1 Å². The number of benzene rings is 1. The first-order valence-electron chi connectivity index (χ1n) is 5.36. The third-order valence-electron chi connectivity index (χ3n) is 2.49. The predicted molar refractivity (Wildman–Crippen MR) is 62.4 cm³/mol. The Morgan fingerprint density at radius 3 is 2.39 bits per heavy atom. The van der Waals surface area contributed by atoms with Crippen LogP contribution in [0.4, 0.5) is 8.78 Å². The SMILES string of the molecule is CC(C)[C@@H](CO)NS(=O)(=O)c1ccc(F)cc1F. The Hall–Kier alpha value is -1.05. The second-order valence-corrected chi connectivity index (χ2v) is 5.91. The lowest BCUT2D eigenvalue weighted by Gasteiger charge is -2.19. The van der Waals surface area contributed by atoms with E-state index in [-0.39, 0.29) is 5.92 Å². The van der Waals surface area contributed by atoms with Gasteiger partial charge in [-0.25, -0.2) is 21.9 Å².